The Bertz CT molecular complexity index is 627. The Morgan fingerprint density at radius 1 is 1.16 bits per heavy atom. The fourth-order valence-corrected chi connectivity index (χ4v) is 3.14. The van der Waals surface area contributed by atoms with Gasteiger partial charge in [-0.1, -0.05) is 25.1 Å². The Morgan fingerprint density at radius 3 is 2.68 bits per heavy atom. The maximum atomic E-state index is 5.69. The average molecular weight is 361 g/mol. The molecule has 25 heavy (non-hydrogen) atoms. The molecule has 0 spiro atoms. The minimum Gasteiger partial charge on any atom is -0.494 e. The topological polar surface area (TPSA) is 58.5 Å². The van der Waals surface area contributed by atoms with Crippen LogP contribution in [0.25, 0.3) is 0 Å². The van der Waals surface area contributed by atoms with Gasteiger partial charge < -0.3 is 15.4 Å². The number of nitrogens with zero attached hydrogens (tertiary/aromatic N) is 2. The molecule has 2 rings (SSSR count). The second-order valence-corrected chi connectivity index (χ2v) is 6.82. The molecule has 0 bridgehead atoms. The minimum absolute atomic E-state index is 0.738. The smallest absolute Gasteiger partial charge is 0.190 e. The van der Waals surface area contributed by atoms with Crippen LogP contribution in [0, 0.1) is 0 Å². The molecule has 0 unspecified atom stereocenters. The number of guanidine groups is 1. The molecular weight excluding hydrogens is 332 g/mol. The van der Waals surface area contributed by atoms with Crippen molar-refractivity contribution in [3.8, 4) is 5.75 Å². The number of unbranched alkanes of at least 4 members (excludes halogenated alkanes) is 1. The molecule has 0 fully saturated rings. The molecule has 6 heteroatoms. The van der Waals surface area contributed by atoms with Crippen molar-refractivity contribution in [3.63, 3.8) is 0 Å². The van der Waals surface area contributed by atoms with Crippen LogP contribution in [0.3, 0.4) is 0 Å². The van der Waals surface area contributed by atoms with Gasteiger partial charge in [0.25, 0.3) is 0 Å². The SMILES string of the molecule is CCc1cnc(CCNC(=NC)NCCCCOc2ccccc2)s1. The fourth-order valence-electron chi connectivity index (χ4n) is 2.28. The number of aryl methyl sites for hydroxylation is 1. The van der Waals surface area contributed by atoms with E-state index in [1.807, 2.05) is 36.5 Å². The average Bonchev–Trinajstić information content (AvgIpc) is 3.12. The summed E-state index contributed by atoms with van der Waals surface area (Å²) in [6.07, 6.45) is 6.01. The van der Waals surface area contributed by atoms with Crippen molar-refractivity contribution >= 4 is 17.3 Å². The zero-order valence-corrected chi connectivity index (χ0v) is 15.9. The monoisotopic (exact) mass is 360 g/mol. The number of ether oxygens (including phenoxy) is 1. The first-order valence-electron chi connectivity index (χ1n) is 8.87. The summed E-state index contributed by atoms with van der Waals surface area (Å²) in [5, 5.41) is 7.85. The van der Waals surface area contributed by atoms with Crippen molar-refractivity contribution < 1.29 is 4.74 Å². The molecule has 2 N–H and O–H groups in total. The molecule has 5 nitrogen and oxygen atoms in total. The summed E-state index contributed by atoms with van der Waals surface area (Å²) < 4.78 is 5.69. The number of rotatable bonds is 10. The lowest BCUT2D eigenvalue weighted by molar-refractivity contribution is 0.307. The summed E-state index contributed by atoms with van der Waals surface area (Å²) in [6.45, 7) is 4.62. The van der Waals surface area contributed by atoms with Gasteiger partial charge in [0.15, 0.2) is 5.96 Å². The molecular formula is C19H28N4OS. The van der Waals surface area contributed by atoms with E-state index in [1.165, 1.54) is 9.88 Å². The molecule has 1 aromatic carbocycles. The van der Waals surface area contributed by atoms with Crippen LogP contribution < -0.4 is 15.4 Å². The van der Waals surface area contributed by atoms with Crippen molar-refractivity contribution in [2.24, 2.45) is 4.99 Å². The van der Waals surface area contributed by atoms with Crippen LogP contribution in [-0.4, -0.2) is 37.7 Å². The minimum atomic E-state index is 0.738. The molecule has 2 aromatic rings. The van der Waals surface area contributed by atoms with E-state index in [0.29, 0.717) is 0 Å². The van der Waals surface area contributed by atoms with E-state index in [1.54, 1.807) is 18.4 Å². The van der Waals surface area contributed by atoms with Gasteiger partial charge in [0, 0.05) is 37.6 Å². The summed E-state index contributed by atoms with van der Waals surface area (Å²) in [6, 6.07) is 9.93. The molecule has 0 saturated heterocycles. The Labute approximate surface area is 154 Å². The third-order valence-corrected chi connectivity index (χ3v) is 4.88. The van der Waals surface area contributed by atoms with E-state index in [9.17, 15) is 0 Å². The molecule has 0 aliphatic rings. The van der Waals surface area contributed by atoms with E-state index in [-0.39, 0.29) is 0 Å². The molecule has 0 aliphatic carbocycles. The van der Waals surface area contributed by atoms with E-state index in [2.05, 4.69) is 27.5 Å². The van der Waals surface area contributed by atoms with Crippen LogP contribution in [0.15, 0.2) is 41.5 Å². The van der Waals surface area contributed by atoms with Crippen molar-refractivity contribution in [1.29, 1.82) is 0 Å². The third-order valence-electron chi connectivity index (χ3n) is 3.68. The van der Waals surface area contributed by atoms with Crippen LogP contribution in [0.2, 0.25) is 0 Å². The molecule has 0 aliphatic heterocycles. The zero-order chi connectivity index (χ0) is 17.7. The summed E-state index contributed by atoms with van der Waals surface area (Å²) in [5.41, 5.74) is 0. The summed E-state index contributed by atoms with van der Waals surface area (Å²) >= 11 is 1.79. The molecule has 0 atom stereocenters. The molecule has 0 saturated carbocycles. The summed E-state index contributed by atoms with van der Waals surface area (Å²) in [7, 11) is 1.80. The third kappa shape index (κ3) is 7.56. The van der Waals surface area contributed by atoms with Crippen molar-refractivity contribution in [2.75, 3.05) is 26.7 Å². The maximum Gasteiger partial charge on any atom is 0.190 e. The van der Waals surface area contributed by atoms with Gasteiger partial charge in [0.2, 0.25) is 0 Å². The summed E-state index contributed by atoms with van der Waals surface area (Å²) in [5.74, 6) is 1.78. The van der Waals surface area contributed by atoms with Crippen molar-refractivity contribution in [1.82, 2.24) is 15.6 Å². The predicted molar refractivity (Wildman–Crippen MR) is 106 cm³/mol. The van der Waals surface area contributed by atoms with E-state index < -0.39 is 0 Å². The Morgan fingerprint density at radius 2 is 1.96 bits per heavy atom. The van der Waals surface area contributed by atoms with Gasteiger partial charge in [-0.15, -0.1) is 11.3 Å². The Balaban J connectivity index is 1.53. The van der Waals surface area contributed by atoms with Gasteiger partial charge in [-0.2, -0.15) is 0 Å². The fraction of sp³-hybridized carbons (Fsp3) is 0.474. The number of hydrogen-bond donors (Lipinski definition) is 2. The normalized spacial score (nSPS) is 11.4. The number of hydrogen-bond acceptors (Lipinski definition) is 4. The van der Waals surface area contributed by atoms with Crippen molar-refractivity contribution in [2.45, 2.75) is 32.6 Å². The Hall–Kier alpha value is -2.08. The molecule has 1 heterocycles. The van der Waals surface area contributed by atoms with Gasteiger partial charge in [-0.25, -0.2) is 4.98 Å². The first kappa shape index (κ1) is 19.2. The lowest BCUT2D eigenvalue weighted by atomic mass is 10.3. The lowest BCUT2D eigenvalue weighted by Crippen LogP contribution is -2.38. The number of aromatic nitrogens is 1. The standard InChI is InChI=1S/C19H28N4OS/c1-3-17-15-23-18(25-17)11-13-22-19(20-2)21-12-7-8-14-24-16-9-5-4-6-10-16/h4-6,9-10,15H,3,7-8,11-14H2,1-2H3,(H2,20,21,22). The number of para-hydroxylation sites is 1. The number of benzene rings is 1. The molecule has 1 aromatic heterocycles. The first-order valence-corrected chi connectivity index (χ1v) is 9.69. The van der Waals surface area contributed by atoms with E-state index >= 15 is 0 Å². The van der Waals surface area contributed by atoms with Crippen LogP contribution in [0.1, 0.15) is 29.7 Å². The zero-order valence-electron chi connectivity index (χ0n) is 15.1. The number of nitrogens with one attached hydrogen (secondary N) is 2. The highest BCUT2D eigenvalue weighted by molar-refractivity contribution is 7.11. The van der Waals surface area contributed by atoms with Gasteiger partial charge in [-0.05, 0) is 31.4 Å². The highest BCUT2D eigenvalue weighted by Gasteiger charge is 2.02. The second kappa shape index (κ2) is 11.5. The second-order valence-electron chi connectivity index (χ2n) is 5.62. The van der Waals surface area contributed by atoms with Gasteiger partial charge in [-0.3, -0.25) is 4.99 Å². The highest BCUT2D eigenvalue weighted by atomic mass is 32.1. The Kier molecular flexibility index (Phi) is 8.83. The number of thiazole rings is 1. The van der Waals surface area contributed by atoms with Crippen molar-refractivity contribution in [3.05, 3.63) is 46.4 Å². The molecule has 0 amide bonds. The molecule has 136 valence electrons. The largest absolute Gasteiger partial charge is 0.494 e. The van der Waals surface area contributed by atoms with Gasteiger partial charge in [0.1, 0.15) is 5.75 Å². The van der Waals surface area contributed by atoms with Gasteiger partial charge in [0.05, 0.1) is 11.6 Å². The van der Waals surface area contributed by atoms with Crippen LogP contribution in [0.4, 0.5) is 0 Å². The maximum absolute atomic E-state index is 5.69. The summed E-state index contributed by atoms with van der Waals surface area (Å²) in [4.78, 5) is 10.0. The highest BCUT2D eigenvalue weighted by Crippen LogP contribution is 2.13. The van der Waals surface area contributed by atoms with Crippen LogP contribution >= 0.6 is 11.3 Å². The predicted octanol–water partition coefficient (Wildman–Crippen LogP) is 3.27. The van der Waals surface area contributed by atoms with Crippen LogP contribution in [-0.2, 0) is 12.8 Å². The molecule has 0 radical (unpaired) electrons. The quantitative estimate of drug-likeness (QED) is 0.388. The first-order chi connectivity index (χ1) is 12.3. The van der Waals surface area contributed by atoms with Gasteiger partial charge >= 0.3 is 0 Å². The van der Waals surface area contributed by atoms with E-state index in [4.69, 9.17) is 4.74 Å². The lowest BCUT2D eigenvalue weighted by Gasteiger charge is -2.11. The van der Waals surface area contributed by atoms with E-state index in [0.717, 1.165) is 57.1 Å². The van der Waals surface area contributed by atoms with Crippen LogP contribution in [0.5, 0.6) is 5.75 Å². The number of aliphatic imine (C=N–C) groups is 1.